The summed E-state index contributed by atoms with van der Waals surface area (Å²) in [7, 11) is 0. The van der Waals surface area contributed by atoms with Crippen molar-refractivity contribution < 1.29 is 4.79 Å². The maximum absolute atomic E-state index is 13.9. The molecule has 0 unspecified atom stereocenters. The van der Waals surface area contributed by atoms with Gasteiger partial charge in [-0.3, -0.25) is 9.59 Å². The lowest BCUT2D eigenvalue weighted by atomic mass is 10.1. The first-order valence-electron chi connectivity index (χ1n) is 10.9. The monoisotopic (exact) mass is 437 g/mol. The van der Waals surface area contributed by atoms with Crippen LogP contribution in [0.4, 0.5) is 5.69 Å². The van der Waals surface area contributed by atoms with Crippen molar-refractivity contribution in [2.45, 2.75) is 26.9 Å². The second kappa shape index (κ2) is 8.35. The second-order valence-electron chi connectivity index (χ2n) is 7.89. The predicted octanol–water partition coefficient (Wildman–Crippen LogP) is 4.22. The number of rotatable bonds is 5. The molecular weight excluding hydrogens is 414 g/mol. The van der Waals surface area contributed by atoms with Crippen LogP contribution in [0.15, 0.2) is 84.0 Å². The first kappa shape index (κ1) is 20.6. The van der Waals surface area contributed by atoms with E-state index >= 15 is 0 Å². The van der Waals surface area contributed by atoms with E-state index in [0.717, 1.165) is 17.0 Å². The largest absolute Gasteiger partial charge is 0.332 e. The third kappa shape index (κ3) is 3.67. The van der Waals surface area contributed by atoms with Crippen LogP contribution in [-0.4, -0.2) is 24.8 Å². The smallest absolute Gasteiger partial charge is 0.264 e. The van der Waals surface area contributed by atoms with Crippen LogP contribution in [0.3, 0.4) is 0 Å². The van der Waals surface area contributed by atoms with Crippen molar-refractivity contribution in [3.05, 3.63) is 106 Å². The standard InChI is InChI=1S/C26H23N5O2/c1-3-29-17-22(24(32)21-13-12-18(2)28-25(21)29)26(33)31(19-9-5-4-6-10-19)16-20-15-27-23-11-7-8-14-30(20)23/h4-15,17H,3,16H2,1-2H3. The van der Waals surface area contributed by atoms with E-state index in [4.69, 9.17) is 0 Å². The van der Waals surface area contributed by atoms with Crippen LogP contribution in [0, 0.1) is 6.92 Å². The van der Waals surface area contributed by atoms with Gasteiger partial charge in [0.25, 0.3) is 5.91 Å². The van der Waals surface area contributed by atoms with Gasteiger partial charge in [0, 0.05) is 30.3 Å². The third-order valence-electron chi connectivity index (χ3n) is 5.76. The number of hydrogen-bond donors (Lipinski definition) is 0. The lowest BCUT2D eigenvalue weighted by Gasteiger charge is -2.23. The van der Waals surface area contributed by atoms with E-state index in [9.17, 15) is 9.59 Å². The molecule has 4 aromatic heterocycles. The fourth-order valence-electron chi connectivity index (χ4n) is 4.05. The molecule has 5 rings (SSSR count). The van der Waals surface area contributed by atoms with Gasteiger partial charge in [-0.25, -0.2) is 9.97 Å². The van der Waals surface area contributed by atoms with Gasteiger partial charge in [-0.15, -0.1) is 0 Å². The highest BCUT2D eigenvalue weighted by atomic mass is 16.2. The molecule has 7 nitrogen and oxygen atoms in total. The van der Waals surface area contributed by atoms with E-state index in [-0.39, 0.29) is 23.4 Å². The van der Waals surface area contributed by atoms with Crippen LogP contribution >= 0.6 is 0 Å². The van der Waals surface area contributed by atoms with E-state index < -0.39 is 0 Å². The Morgan fingerprint density at radius 2 is 1.82 bits per heavy atom. The van der Waals surface area contributed by atoms with Crippen LogP contribution in [0.5, 0.6) is 0 Å². The summed E-state index contributed by atoms with van der Waals surface area (Å²) in [5, 5.41) is 0.441. The van der Waals surface area contributed by atoms with E-state index in [0.29, 0.717) is 23.3 Å². The summed E-state index contributed by atoms with van der Waals surface area (Å²) in [4.78, 5) is 37.9. The maximum atomic E-state index is 13.9. The summed E-state index contributed by atoms with van der Waals surface area (Å²) in [5.74, 6) is -0.359. The zero-order valence-corrected chi connectivity index (χ0v) is 18.5. The number of aryl methyl sites for hydroxylation is 2. The lowest BCUT2D eigenvalue weighted by molar-refractivity contribution is 0.0983. The lowest BCUT2D eigenvalue weighted by Crippen LogP contribution is -2.35. The summed E-state index contributed by atoms with van der Waals surface area (Å²) in [6.45, 7) is 4.71. The molecule has 7 heteroatoms. The number of amides is 1. The molecule has 0 radical (unpaired) electrons. The number of para-hydroxylation sites is 1. The van der Waals surface area contributed by atoms with E-state index in [1.807, 2.05) is 77.5 Å². The Balaban J connectivity index is 1.65. The zero-order chi connectivity index (χ0) is 22.9. The van der Waals surface area contributed by atoms with Crippen LogP contribution in [-0.2, 0) is 13.1 Å². The fraction of sp³-hybridized carbons (Fsp3) is 0.154. The van der Waals surface area contributed by atoms with Gasteiger partial charge >= 0.3 is 0 Å². The van der Waals surface area contributed by atoms with E-state index in [1.54, 1.807) is 29.4 Å². The molecule has 4 heterocycles. The van der Waals surface area contributed by atoms with Gasteiger partial charge in [0.2, 0.25) is 5.43 Å². The third-order valence-corrected chi connectivity index (χ3v) is 5.76. The van der Waals surface area contributed by atoms with Crippen molar-refractivity contribution in [3.8, 4) is 0 Å². The summed E-state index contributed by atoms with van der Waals surface area (Å²) in [6, 6.07) is 18.7. The van der Waals surface area contributed by atoms with E-state index in [2.05, 4.69) is 9.97 Å². The SMILES string of the molecule is CCn1cc(C(=O)N(Cc2cnc3ccccn23)c2ccccc2)c(=O)c2ccc(C)nc21. The predicted molar refractivity (Wildman–Crippen MR) is 129 cm³/mol. The molecule has 0 saturated heterocycles. The second-order valence-corrected chi connectivity index (χ2v) is 7.89. The average molecular weight is 438 g/mol. The number of nitrogens with zero attached hydrogens (tertiary/aromatic N) is 5. The zero-order valence-electron chi connectivity index (χ0n) is 18.5. The highest BCUT2D eigenvalue weighted by molar-refractivity contribution is 6.07. The van der Waals surface area contributed by atoms with Crippen molar-refractivity contribution in [1.29, 1.82) is 0 Å². The summed E-state index contributed by atoms with van der Waals surface area (Å²) >= 11 is 0. The molecule has 33 heavy (non-hydrogen) atoms. The number of pyridine rings is 3. The van der Waals surface area contributed by atoms with Crippen molar-refractivity contribution in [2.24, 2.45) is 0 Å². The summed E-state index contributed by atoms with van der Waals surface area (Å²) < 4.78 is 3.80. The van der Waals surface area contributed by atoms with Gasteiger partial charge in [-0.1, -0.05) is 24.3 Å². The quantitative estimate of drug-likeness (QED) is 0.413. The van der Waals surface area contributed by atoms with Gasteiger partial charge in [0.15, 0.2) is 0 Å². The molecule has 0 N–H and O–H groups in total. The Labute approximate surface area is 190 Å². The minimum atomic E-state index is -0.359. The molecule has 5 aromatic rings. The van der Waals surface area contributed by atoms with Crippen molar-refractivity contribution >= 4 is 28.3 Å². The molecule has 0 saturated carbocycles. The number of hydrogen-bond acceptors (Lipinski definition) is 4. The van der Waals surface area contributed by atoms with Crippen molar-refractivity contribution in [2.75, 3.05) is 4.90 Å². The molecule has 0 bridgehead atoms. The normalized spacial score (nSPS) is 11.2. The minimum Gasteiger partial charge on any atom is -0.332 e. The number of aromatic nitrogens is 4. The van der Waals surface area contributed by atoms with Crippen molar-refractivity contribution in [3.63, 3.8) is 0 Å². The first-order chi connectivity index (χ1) is 16.1. The van der Waals surface area contributed by atoms with Gasteiger partial charge in [-0.2, -0.15) is 0 Å². The Morgan fingerprint density at radius 1 is 1.03 bits per heavy atom. The molecule has 1 amide bonds. The number of carbonyl (C=O) groups excluding carboxylic acids is 1. The molecule has 0 spiro atoms. The molecular formula is C26H23N5O2. The van der Waals surface area contributed by atoms with Crippen LogP contribution in [0.1, 0.15) is 28.7 Å². The number of anilines is 1. The average Bonchev–Trinajstić information content (AvgIpc) is 3.26. The number of imidazole rings is 1. The van der Waals surface area contributed by atoms with E-state index in [1.165, 1.54) is 0 Å². The van der Waals surface area contributed by atoms with Gasteiger partial charge in [-0.05, 0) is 50.2 Å². The van der Waals surface area contributed by atoms with Gasteiger partial charge < -0.3 is 13.9 Å². The molecule has 0 atom stereocenters. The number of carbonyl (C=O) groups is 1. The van der Waals surface area contributed by atoms with Crippen molar-refractivity contribution in [1.82, 2.24) is 18.9 Å². The van der Waals surface area contributed by atoms with Crippen LogP contribution < -0.4 is 10.3 Å². The minimum absolute atomic E-state index is 0.118. The fourth-order valence-corrected chi connectivity index (χ4v) is 4.05. The summed E-state index contributed by atoms with van der Waals surface area (Å²) in [6.07, 6.45) is 5.30. The van der Waals surface area contributed by atoms with Gasteiger partial charge in [0.1, 0.15) is 16.9 Å². The van der Waals surface area contributed by atoms with Gasteiger partial charge in [0.05, 0.1) is 23.8 Å². The number of benzene rings is 1. The Morgan fingerprint density at radius 3 is 2.61 bits per heavy atom. The van der Waals surface area contributed by atoms with Crippen LogP contribution in [0.25, 0.3) is 16.7 Å². The number of fused-ring (bicyclic) bond motifs is 2. The Kier molecular flexibility index (Phi) is 5.22. The molecule has 0 aliphatic carbocycles. The Bertz CT molecular complexity index is 1540. The molecule has 164 valence electrons. The molecule has 0 aliphatic rings. The Hall–Kier alpha value is -4.26. The molecule has 1 aromatic carbocycles. The first-order valence-corrected chi connectivity index (χ1v) is 10.9. The highest BCUT2D eigenvalue weighted by Gasteiger charge is 2.24. The highest BCUT2D eigenvalue weighted by Crippen LogP contribution is 2.21. The molecule has 0 fully saturated rings. The summed E-state index contributed by atoms with van der Waals surface area (Å²) in [5.41, 5.74) is 3.57. The molecule has 0 aliphatic heterocycles. The van der Waals surface area contributed by atoms with Crippen LogP contribution in [0.2, 0.25) is 0 Å². The topological polar surface area (TPSA) is 72.5 Å². The maximum Gasteiger partial charge on any atom is 0.264 e.